The molecule has 0 N–H and O–H groups in total. The Kier molecular flexibility index (Phi) is 4.68. The van der Waals surface area contributed by atoms with Crippen LogP contribution < -0.4 is 5.56 Å². The first-order valence-corrected chi connectivity index (χ1v) is 6.89. The largest absolute Gasteiger partial charge is 0.465 e. The summed E-state index contributed by atoms with van der Waals surface area (Å²) in [6.45, 7) is 1.81. The number of aromatic nitrogens is 2. The number of rotatable bonds is 4. The summed E-state index contributed by atoms with van der Waals surface area (Å²) in [5.41, 5.74) is 1.16. The molecule has 0 aliphatic rings. The molecule has 5 nitrogen and oxygen atoms in total. The Morgan fingerprint density at radius 3 is 2.60 bits per heavy atom. The fraction of sp³-hybridized carbons (Fsp3) is 0.214. The molecule has 1 aromatic heterocycles. The van der Waals surface area contributed by atoms with Gasteiger partial charge in [-0.1, -0.05) is 28.1 Å². The van der Waals surface area contributed by atoms with Gasteiger partial charge in [-0.05, 0) is 25.1 Å². The second kappa shape index (κ2) is 6.47. The molecule has 0 atom stereocenters. The van der Waals surface area contributed by atoms with Gasteiger partial charge in [0, 0.05) is 16.1 Å². The van der Waals surface area contributed by atoms with Crippen LogP contribution >= 0.6 is 15.9 Å². The predicted octanol–water partition coefficient (Wildman–Crippen LogP) is 2.24. The number of carbonyl (C=O) groups excluding carboxylic acids is 1. The predicted molar refractivity (Wildman–Crippen MR) is 78.3 cm³/mol. The second-order valence-electron chi connectivity index (χ2n) is 4.03. The van der Waals surface area contributed by atoms with Gasteiger partial charge in [0.1, 0.15) is 6.54 Å². The maximum atomic E-state index is 11.7. The Morgan fingerprint density at radius 2 is 1.95 bits per heavy atom. The number of hydrogen-bond acceptors (Lipinski definition) is 4. The van der Waals surface area contributed by atoms with Crippen molar-refractivity contribution in [1.82, 2.24) is 9.78 Å². The summed E-state index contributed by atoms with van der Waals surface area (Å²) >= 11 is 3.36. The van der Waals surface area contributed by atoms with Crippen LogP contribution in [0.4, 0.5) is 0 Å². The monoisotopic (exact) mass is 336 g/mol. The van der Waals surface area contributed by atoms with Crippen molar-refractivity contribution in [2.45, 2.75) is 13.5 Å². The van der Waals surface area contributed by atoms with Gasteiger partial charge >= 0.3 is 5.97 Å². The molecule has 0 fully saturated rings. The first kappa shape index (κ1) is 14.5. The molecular weight excluding hydrogens is 324 g/mol. The normalized spacial score (nSPS) is 10.3. The van der Waals surface area contributed by atoms with E-state index in [1.165, 1.54) is 6.07 Å². The van der Waals surface area contributed by atoms with Crippen LogP contribution in [0.2, 0.25) is 0 Å². The summed E-state index contributed by atoms with van der Waals surface area (Å²) in [4.78, 5) is 23.1. The lowest BCUT2D eigenvalue weighted by atomic mass is 10.1. The molecule has 0 amide bonds. The number of nitrogens with zero attached hydrogens (tertiary/aromatic N) is 2. The van der Waals surface area contributed by atoms with Crippen molar-refractivity contribution < 1.29 is 9.53 Å². The van der Waals surface area contributed by atoms with Crippen molar-refractivity contribution in [3.05, 3.63) is 51.2 Å². The molecule has 104 valence electrons. The number of ether oxygens (including phenoxy) is 1. The lowest BCUT2D eigenvalue weighted by Gasteiger charge is -2.07. The maximum absolute atomic E-state index is 11.7. The van der Waals surface area contributed by atoms with E-state index < -0.39 is 5.97 Å². The summed E-state index contributed by atoms with van der Waals surface area (Å²) < 4.78 is 6.88. The summed E-state index contributed by atoms with van der Waals surface area (Å²) in [6, 6.07) is 10.6. The Hall–Kier alpha value is -1.95. The zero-order valence-electron chi connectivity index (χ0n) is 10.9. The zero-order chi connectivity index (χ0) is 14.5. The molecule has 2 aromatic rings. The van der Waals surface area contributed by atoms with E-state index >= 15 is 0 Å². The molecule has 0 radical (unpaired) electrons. The molecular formula is C14H13BrN2O3. The van der Waals surface area contributed by atoms with E-state index in [2.05, 4.69) is 21.0 Å². The quantitative estimate of drug-likeness (QED) is 0.803. The van der Waals surface area contributed by atoms with E-state index in [4.69, 9.17) is 4.74 Å². The number of carbonyl (C=O) groups is 1. The number of hydrogen-bond donors (Lipinski definition) is 0. The average Bonchev–Trinajstić information content (AvgIpc) is 2.42. The molecule has 0 aliphatic heterocycles. The van der Waals surface area contributed by atoms with Gasteiger partial charge < -0.3 is 4.74 Å². The minimum atomic E-state index is -0.477. The van der Waals surface area contributed by atoms with E-state index in [1.54, 1.807) is 13.0 Å². The van der Waals surface area contributed by atoms with Crippen molar-refractivity contribution in [1.29, 1.82) is 0 Å². The Bertz CT molecular complexity index is 665. The third kappa shape index (κ3) is 3.54. The number of esters is 1. The maximum Gasteiger partial charge on any atom is 0.327 e. The van der Waals surface area contributed by atoms with Gasteiger partial charge in [-0.15, -0.1) is 0 Å². The molecule has 0 unspecified atom stereocenters. The minimum absolute atomic E-state index is 0.183. The first-order chi connectivity index (χ1) is 9.60. The number of halogens is 1. The highest BCUT2D eigenvalue weighted by atomic mass is 79.9. The van der Waals surface area contributed by atoms with E-state index in [-0.39, 0.29) is 18.7 Å². The van der Waals surface area contributed by atoms with Gasteiger partial charge in [0.15, 0.2) is 0 Å². The summed E-state index contributed by atoms with van der Waals surface area (Å²) in [5, 5.41) is 4.18. The lowest BCUT2D eigenvalue weighted by Crippen LogP contribution is -2.27. The standard InChI is InChI=1S/C14H13BrN2O3/c1-2-20-14(19)9-17-13(18)8-7-12(16-17)10-3-5-11(15)6-4-10/h3-8H,2,9H2,1H3. The molecule has 0 bridgehead atoms. The van der Waals surface area contributed by atoms with E-state index in [1.807, 2.05) is 24.3 Å². The van der Waals surface area contributed by atoms with E-state index in [0.29, 0.717) is 5.69 Å². The smallest absolute Gasteiger partial charge is 0.327 e. The second-order valence-corrected chi connectivity index (χ2v) is 4.94. The van der Waals surface area contributed by atoms with Gasteiger partial charge in [0.2, 0.25) is 0 Å². The first-order valence-electron chi connectivity index (χ1n) is 6.10. The third-order valence-electron chi connectivity index (χ3n) is 2.59. The van der Waals surface area contributed by atoms with Gasteiger partial charge in [0.05, 0.1) is 12.3 Å². The Morgan fingerprint density at radius 1 is 1.25 bits per heavy atom. The van der Waals surface area contributed by atoms with Crippen LogP contribution in [0.25, 0.3) is 11.3 Å². The van der Waals surface area contributed by atoms with Crippen LogP contribution in [0.3, 0.4) is 0 Å². The van der Waals surface area contributed by atoms with Gasteiger partial charge in [0.25, 0.3) is 5.56 Å². The molecule has 1 heterocycles. The van der Waals surface area contributed by atoms with Crippen LogP contribution in [0.5, 0.6) is 0 Å². The van der Waals surface area contributed by atoms with Crippen molar-refractivity contribution in [3.63, 3.8) is 0 Å². The van der Waals surface area contributed by atoms with Crippen LogP contribution in [-0.4, -0.2) is 22.4 Å². The SMILES string of the molecule is CCOC(=O)Cn1nc(-c2ccc(Br)cc2)ccc1=O. The molecule has 6 heteroatoms. The van der Waals surface area contributed by atoms with Crippen LogP contribution in [0.1, 0.15) is 6.92 Å². The molecule has 0 aliphatic carbocycles. The highest BCUT2D eigenvalue weighted by molar-refractivity contribution is 9.10. The van der Waals surface area contributed by atoms with Gasteiger partial charge in [-0.2, -0.15) is 5.10 Å². The van der Waals surface area contributed by atoms with Crippen molar-refractivity contribution in [2.24, 2.45) is 0 Å². The zero-order valence-corrected chi connectivity index (χ0v) is 12.5. The minimum Gasteiger partial charge on any atom is -0.465 e. The molecule has 0 saturated heterocycles. The Balaban J connectivity index is 2.31. The lowest BCUT2D eigenvalue weighted by molar-refractivity contribution is -0.144. The summed E-state index contributed by atoms with van der Waals surface area (Å²) in [7, 11) is 0. The molecule has 0 spiro atoms. The highest BCUT2D eigenvalue weighted by Crippen LogP contribution is 2.18. The number of benzene rings is 1. The highest BCUT2D eigenvalue weighted by Gasteiger charge is 2.08. The third-order valence-corrected chi connectivity index (χ3v) is 3.12. The van der Waals surface area contributed by atoms with Crippen molar-refractivity contribution in [3.8, 4) is 11.3 Å². The van der Waals surface area contributed by atoms with Gasteiger partial charge in [-0.25, -0.2) is 4.68 Å². The van der Waals surface area contributed by atoms with E-state index in [0.717, 1.165) is 14.7 Å². The topological polar surface area (TPSA) is 61.2 Å². The summed E-state index contributed by atoms with van der Waals surface area (Å²) in [6.07, 6.45) is 0. The molecule has 2 rings (SSSR count). The summed E-state index contributed by atoms with van der Waals surface area (Å²) in [5.74, 6) is -0.477. The van der Waals surface area contributed by atoms with Crippen LogP contribution in [0, 0.1) is 0 Å². The molecule has 20 heavy (non-hydrogen) atoms. The van der Waals surface area contributed by atoms with Crippen molar-refractivity contribution >= 4 is 21.9 Å². The molecule has 1 aromatic carbocycles. The fourth-order valence-electron chi connectivity index (χ4n) is 1.67. The van der Waals surface area contributed by atoms with Crippen molar-refractivity contribution in [2.75, 3.05) is 6.61 Å². The molecule has 0 saturated carbocycles. The van der Waals surface area contributed by atoms with Crippen LogP contribution in [-0.2, 0) is 16.1 Å². The Labute approximate surface area is 124 Å². The average molecular weight is 337 g/mol. The van der Waals surface area contributed by atoms with E-state index in [9.17, 15) is 9.59 Å². The van der Waals surface area contributed by atoms with Crippen LogP contribution in [0.15, 0.2) is 45.7 Å². The van der Waals surface area contributed by atoms with Gasteiger partial charge in [-0.3, -0.25) is 9.59 Å². The fourth-order valence-corrected chi connectivity index (χ4v) is 1.93.